The molecule has 96 valence electrons. The molecule has 1 heterocycles. The Balaban J connectivity index is 2.02. The molecular formula is C13H18N4O. The van der Waals surface area contributed by atoms with E-state index in [2.05, 4.69) is 47.5 Å². The number of aromatic nitrogens is 4. The number of tetrazole rings is 1. The van der Waals surface area contributed by atoms with E-state index in [1.165, 1.54) is 21.5 Å². The van der Waals surface area contributed by atoms with Crippen LogP contribution >= 0.6 is 0 Å². The molecule has 1 aromatic carbocycles. The molecule has 0 bridgehead atoms. The summed E-state index contributed by atoms with van der Waals surface area (Å²) in [7, 11) is 1.72. The summed E-state index contributed by atoms with van der Waals surface area (Å²) < 4.78 is 0. The number of aliphatic hydroxyl groups is 1. The fourth-order valence-electron chi connectivity index (χ4n) is 1.96. The van der Waals surface area contributed by atoms with E-state index in [0.717, 1.165) is 0 Å². The predicted octanol–water partition coefficient (Wildman–Crippen LogP) is 0.973. The number of benzene rings is 1. The van der Waals surface area contributed by atoms with Crippen LogP contribution < -0.4 is 0 Å². The van der Waals surface area contributed by atoms with Crippen LogP contribution in [0.2, 0.25) is 0 Å². The van der Waals surface area contributed by atoms with Crippen molar-refractivity contribution < 1.29 is 5.11 Å². The minimum Gasteiger partial charge on any atom is -0.392 e. The van der Waals surface area contributed by atoms with Gasteiger partial charge >= 0.3 is 0 Å². The largest absolute Gasteiger partial charge is 0.392 e. The van der Waals surface area contributed by atoms with Gasteiger partial charge in [-0.15, -0.1) is 10.2 Å². The SMILES string of the molecule is Cc1ccc(C)c(CC(O)Cc2nnn(C)n2)c1. The summed E-state index contributed by atoms with van der Waals surface area (Å²) in [6.07, 6.45) is 0.571. The molecule has 0 radical (unpaired) electrons. The van der Waals surface area contributed by atoms with Gasteiger partial charge in [-0.25, -0.2) is 0 Å². The first-order chi connectivity index (χ1) is 8.54. The molecule has 1 N–H and O–H groups in total. The maximum absolute atomic E-state index is 10.1. The average Bonchev–Trinajstić information content (AvgIpc) is 2.69. The van der Waals surface area contributed by atoms with E-state index in [1.54, 1.807) is 7.05 Å². The molecular weight excluding hydrogens is 228 g/mol. The molecule has 5 nitrogen and oxygen atoms in total. The smallest absolute Gasteiger partial charge is 0.177 e. The quantitative estimate of drug-likeness (QED) is 0.873. The zero-order valence-corrected chi connectivity index (χ0v) is 11.0. The Morgan fingerprint density at radius 3 is 2.72 bits per heavy atom. The average molecular weight is 246 g/mol. The number of rotatable bonds is 4. The molecule has 0 aliphatic heterocycles. The van der Waals surface area contributed by atoms with Crippen LogP contribution in [0.15, 0.2) is 18.2 Å². The highest BCUT2D eigenvalue weighted by Gasteiger charge is 2.12. The van der Waals surface area contributed by atoms with Crippen molar-refractivity contribution in [2.45, 2.75) is 32.8 Å². The Hall–Kier alpha value is -1.75. The van der Waals surface area contributed by atoms with E-state index in [9.17, 15) is 5.11 Å². The molecule has 0 aliphatic rings. The van der Waals surface area contributed by atoms with E-state index in [-0.39, 0.29) is 0 Å². The van der Waals surface area contributed by atoms with Crippen LogP contribution in [-0.4, -0.2) is 31.4 Å². The monoisotopic (exact) mass is 246 g/mol. The van der Waals surface area contributed by atoms with Gasteiger partial charge in [0.05, 0.1) is 13.2 Å². The maximum atomic E-state index is 10.1. The van der Waals surface area contributed by atoms with Gasteiger partial charge in [0.25, 0.3) is 0 Å². The second-order valence-corrected chi connectivity index (χ2v) is 4.69. The molecule has 18 heavy (non-hydrogen) atoms. The van der Waals surface area contributed by atoms with Crippen molar-refractivity contribution in [1.82, 2.24) is 20.2 Å². The highest BCUT2D eigenvalue weighted by Crippen LogP contribution is 2.14. The lowest BCUT2D eigenvalue weighted by Gasteiger charge is -2.11. The van der Waals surface area contributed by atoms with Crippen LogP contribution in [0.3, 0.4) is 0 Å². The van der Waals surface area contributed by atoms with Crippen molar-refractivity contribution in [3.63, 3.8) is 0 Å². The Morgan fingerprint density at radius 2 is 2.06 bits per heavy atom. The van der Waals surface area contributed by atoms with Crippen molar-refractivity contribution in [1.29, 1.82) is 0 Å². The number of hydrogen-bond donors (Lipinski definition) is 1. The number of aliphatic hydroxyl groups excluding tert-OH is 1. The molecule has 0 saturated heterocycles. The first-order valence-electron chi connectivity index (χ1n) is 6.01. The molecule has 0 amide bonds. The van der Waals surface area contributed by atoms with Crippen LogP contribution in [0.25, 0.3) is 0 Å². The van der Waals surface area contributed by atoms with Crippen LogP contribution in [0.4, 0.5) is 0 Å². The first kappa shape index (κ1) is 12.7. The fraction of sp³-hybridized carbons (Fsp3) is 0.462. The van der Waals surface area contributed by atoms with Gasteiger partial charge < -0.3 is 5.11 Å². The van der Waals surface area contributed by atoms with E-state index >= 15 is 0 Å². The van der Waals surface area contributed by atoms with E-state index in [1.807, 2.05) is 0 Å². The van der Waals surface area contributed by atoms with Crippen molar-refractivity contribution in [2.75, 3.05) is 0 Å². The normalized spacial score (nSPS) is 12.7. The molecule has 1 atom stereocenters. The molecule has 2 aromatic rings. The van der Waals surface area contributed by atoms with Crippen LogP contribution in [0, 0.1) is 13.8 Å². The summed E-state index contributed by atoms with van der Waals surface area (Å²) in [5.41, 5.74) is 3.58. The van der Waals surface area contributed by atoms with Gasteiger partial charge in [-0.3, -0.25) is 0 Å². The third kappa shape index (κ3) is 3.13. The zero-order valence-electron chi connectivity index (χ0n) is 11.0. The summed E-state index contributed by atoms with van der Waals surface area (Å²) >= 11 is 0. The van der Waals surface area contributed by atoms with Crippen LogP contribution in [0.5, 0.6) is 0 Å². The fourth-order valence-corrected chi connectivity index (χ4v) is 1.96. The van der Waals surface area contributed by atoms with E-state index < -0.39 is 6.10 Å². The van der Waals surface area contributed by atoms with Crippen LogP contribution in [0.1, 0.15) is 22.5 Å². The van der Waals surface area contributed by atoms with Crippen molar-refractivity contribution >= 4 is 0 Å². The molecule has 2 rings (SSSR count). The van der Waals surface area contributed by atoms with Gasteiger partial charge in [0.2, 0.25) is 0 Å². The number of nitrogens with zero attached hydrogens (tertiary/aromatic N) is 4. The Labute approximate surface area is 106 Å². The lowest BCUT2D eigenvalue weighted by molar-refractivity contribution is 0.172. The number of hydrogen-bond acceptors (Lipinski definition) is 4. The first-order valence-corrected chi connectivity index (χ1v) is 6.01. The Kier molecular flexibility index (Phi) is 3.72. The summed E-state index contributed by atoms with van der Waals surface area (Å²) in [4.78, 5) is 1.40. The third-order valence-corrected chi connectivity index (χ3v) is 2.93. The molecule has 0 spiro atoms. The lowest BCUT2D eigenvalue weighted by Crippen LogP contribution is -2.16. The Morgan fingerprint density at radius 1 is 1.28 bits per heavy atom. The topological polar surface area (TPSA) is 63.8 Å². The second-order valence-electron chi connectivity index (χ2n) is 4.69. The lowest BCUT2D eigenvalue weighted by atomic mass is 9.99. The summed E-state index contributed by atoms with van der Waals surface area (Å²) in [6.45, 7) is 4.11. The van der Waals surface area contributed by atoms with Gasteiger partial charge in [0, 0.05) is 6.42 Å². The van der Waals surface area contributed by atoms with Gasteiger partial charge in [0.1, 0.15) is 0 Å². The minimum atomic E-state index is -0.477. The maximum Gasteiger partial charge on any atom is 0.177 e. The number of aryl methyl sites for hydroxylation is 3. The van der Waals surface area contributed by atoms with Crippen LogP contribution in [-0.2, 0) is 19.9 Å². The van der Waals surface area contributed by atoms with Crippen molar-refractivity contribution in [2.24, 2.45) is 7.05 Å². The molecule has 1 unspecified atom stereocenters. The molecule has 5 heteroatoms. The zero-order chi connectivity index (χ0) is 13.1. The summed E-state index contributed by atoms with van der Waals surface area (Å²) in [6, 6.07) is 6.27. The summed E-state index contributed by atoms with van der Waals surface area (Å²) in [5, 5.41) is 21.8. The van der Waals surface area contributed by atoms with Crippen molar-refractivity contribution in [3.8, 4) is 0 Å². The van der Waals surface area contributed by atoms with Crippen molar-refractivity contribution in [3.05, 3.63) is 40.7 Å². The standard InChI is InChI=1S/C13H18N4O/c1-9-4-5-10(2)11(6-9)7-12(18)8-13-14-16-17(3)15-13/h4-6,12,18H,7-8H2,1-3H3. The van der Waals surface area contributed by atoms with E-state index in [4.69, 9.17) is 0 Å². The Bertz CT molecular complexity index is 536. The molecule has 0 aliphatic carbocycles. The van der Waals surface area contributed by atoms with Gasteiger partial charge in [0.15, 0.2) is 5.82 Å². The minimum absolute atomic E-state index is 0.432. The third-order valence-electron chi connectivity index (χ3n) is 2.93. The predicted molar refractivity (Wildman–Crippen MR) is 68.1 cm³/mol. The van der Waals surface area contributed by atoms with Gasteiger partial charge in [-0.2, -0.15) is 4.80 Å². The summed E-state index contributed by atoms with van der Waals surface area (Å²) in [5.74, 6) is 0.579. The highest BCUT2D eigenvalue weighted by atomic mass is 16.3. The molecule has 1 aromatic heterocycles. The van der Waals surface area contributed by atoms with E-state index in [0.29, 0.717) is 18.7 Å². The second kappa shape index (κ2) is 5.27. The molecule has 0 saturated carbocycles. The van der Waals surface area contributed by atoms with Gasteiger partial charge in [-0.05, 0) is 36.6 Å². The highest BCUT2D eigenvalue weighted by molar-refractivity contribution is 5.31. The van der Waals surface area contributed by atoms with Gasteiger partial charge in [-0.1, -0.05) is 23.8 Å². The molecule has 0 fully saturated rings.